The quantitative estimate of drug-likeness (QED) is 0.604. The van der Waals surface area contributed by atoms with Crippen molar-refractivity contribution in [1.29, 1.82) is 0 Å². The fourth-order valence-electron chi connectivity index (χ4n) is 4.56. The molecule has 1 aromatic heterocycles. The molecule has 3 N–H and O–H groups in total. The molecule has 168 valence electrons. The first-order valence-corrected chi connectivity index (χ1v) is 11.8. The second-order valence-corrected chi connectivity index (χ2v) is 10.4. The number of amidine groups is 1. The maximum Gasteiger partial charge on any atom is 0.274 e. The standard InChI is InChI=1S/C24H27ClN4O2S/c1-3-4-16-5-7-18(28-21(30)20-8-6-17(25)14-27-20)13-19(16)23(2)15-24(32-22(26)29-23)9-11-31-12-10-24/h3,5-8,13-14H,1,4,9-12,15H2,2H3,(H2,26,29)(H,28,30)/t23-/m1/s1. The molecule has 4 rings (SSSR count). The van der Waals surface area contributed by atoms with E-state index in [1.54, 1.807) is 23.9 Å². The number of nitrogens with zero attached hydrogens (tertiary/aromatic N) is 2. The van der Waals surface area contributed by atoms with Crippen molar-refractivity contribution in [1.82, 2.24) is 4.98 Å². The van der Waals surface area contributed by atoms with Crippen molar-refractivity contribution in [2.45, 2.75) is 42.9 Å². The monoisotopic (exact) mass is 470 g/mol. The third-order valence-corrected chi connectivity index (χ3v) is 7.53. The summed E-state index contributed by atoms with van der Waals surface area (Å²) >= 11 is 7.56. The molecule has 32 heavy (non-hydrogen) atoms. The summed E-state index contributed by atoms with van der Waals surface area (Å²) in [6.07, 6.45) is 6.79. The zero-order valence-corrected chi connectivity index (χ0v) is 19.6. The Morgan fingerprint density at radius 2 is 2.12 bits per heavy atom. The van der Waals surface area contributed by atoms with Crippen molar-refractivity contribution in [3.63, 3.8) is 0 Å². The molecule has 2 aromatic rings. The largest absolute Gasteiger partial charge is 0.381 e. The van der Waals surface area contributed by atoms with E-state index in [1.807, 2.05) is 24.3 Å². The molecule has 1 saturated heterocycles. The highest BCUT2D eigenvalue weighted by Crippen LogP contribution is 2.50. The molecule has 1 amide bonds. The molecule has 2 aliphatic rings. The number of aromatic nitrogens is 1. The van der Waals surface area contributed by atoms with Crippen molar-refractivity contribution in [2.24, 2.45) is 10.7 Å². The smallest absolute Gasteiger partial charge is 0.274 e. The average Bonchev–Trinajstić information content (AvgIpc) is 2.75. The van der Waals surface area contributed by atoms with Crippen LogP contribution in [0.25, 0.3) is 0 Å². The van der Waals surface area contributed by atoms with Gasteiger partial charge in [-0.1, -0.05) is 35.5 Å². The minimum Gasteiger partial charge on any atom is -0.381 e. The first-order chi connectivity index (χ1) is 15.3. The predicted octanol–water partition coefficient (Wildman–Crippen LogP) is 4.93. The lowest BCUT2D eigenvalue weighted by Gasteiger charge is -2.45. The van der Waals surface area contributed by atoms with E-state index in [2.05, 4.69) is 23.8 Å². The van der Waals surface area contributed by atoms with Crippen molar-refractivity contribution in [2.75, 3.05) is 18.5 Å². The van der Waals surface area contributed by atoms with Crippen molar-refractivity contribution in [3.05, 3.63) is 71.0 Å². The van der Waals surface area contributed by atoms with Gasteiger partial charge in [0.1, 0.15) is 5.69 Å². The van der Waals surface area contributed by atoms with Crippen LogP contribution in [0.2, 0.25) is 5.02 Å². The van der Waals surface area contributed by atoms with Gasteiger partial charge in [0.25, 0.3) is 5.91 Å². The molecule has 8 heteroatoms. The number of hydrogen-bond donors (Lipinski definition) is 2. The molecule has 2 aliphatic heterocycles. The molecule has 1 atom stereocenters. The Morgan fingerprint density at radius 3 is 2.81 bits per heavy atom. The summed E-state index contributed by atoms with van der Waals surface area (Å²) in [5.74, 6) is -0.294. The van der Waals surface area contributed by atoms with Crippen LogP contribution in [0.15, 0.2) is 54.2 Å². The Balaban J connectivity index is 1.68. The van der Waals surface area contributed by atoms with Gasteiger partial charge in [0, 0.05) is 29.8 Å². The Bertz CT molecular complexity index is 1050. The first kappa shape index (κ1) is 22.8. The molecule has 3 heterocycles. The van der Waals surface area contributed by atoms with Crippen LogP contribution in [0, 0.1) is 0 Å². The van der Waals surface area contributed by atoms with E-state index < -0.39 is 5.54 Å². The normalized spacial score (nSPS) is 22.2. The molecular formula is C24H27ClN4O2S. The van der Waals surface area contributed by atoms with Gasteiger partial charge in [-0.25, -0.2) is 4.98 Å². The number of amides is 1. The second kappa shape index (κ2) is 9.25. The number of allylic oxidation sites excluding steroid dienone is 1. The first-order valence-electron chi connectivity index (χ1n) is 10.6. The minimum absolute atomic E-state index is 0.0107. The van der Waals surface area contributed by atoms with Crippen molar-refractivity contribution >= 4 is 40.1 Å². The maximum atomic E-state index is 12.7. The summed E-state index contributed by atoms with van der Waals surface area (Å²) in [4.78, 5) is 21.7. The molecule has 1 fully saturated rings. The third kappa shape index (κ3) is 4.85. The van der Waals surface area contributed by atoms with Crippen LogP contribution in [-0.2, 0) is 16.7 Å². The number of aliphatic imine (C=N–C) groups is 1. The predicted molar refractivity (Wildman–Crippen MR) is 132 cm³/mol. The van der Waals surface area contributed by atoms with E-state index in [1.165, 1.54) is 6.20 Å². The Labute approximate surface area is 197 Å². The van der Waals surface area contributed by atoms with Gasteiger partial charge in [0.05, 0.1) is 10.6 Å². The van der Waals surface area contributed by atoms with E-state index in [0.717, 1.165) is 43.6 Å². The van der Waals surface area contributed by atoms with E-state index >= 15 is 0 Å². The molecular weight excluding hydrogens is 444 g/mol. The zero-order valence-electron chi connectivity index (χ0n) is 18.1. The summed E-state index contributed by atoms with van der Waals surface area (Å²) in [7, 11) is 0. The molecule has 0 aliphatic carbocycles. The number of thioether (sulfide) groups is 1. The summed E-state index contributed by atoms with van der Waals surface area (Å²) in [6, 6.07) is 9.18. The molecule has 1 aromatic carbocycles. The van der Waals surface area contributed by atoms with Crippen LogP contribution >= 0.6 is 23.4 Å². The molecule has 6 nitrogen and oxygen atoms in total. The van der Waals surface area contributed by atoms with Crippen LogP contribution < -0.4 is 11.1 Å². The number of rotatable bonds is 5. The van der Waals surface area contributed by atoms with Crippen LogP contribution in [0.1, 0.15) is 47.8 Å². The average molecular weight is 471 g/mol. The Morgan fingerprint density at radius 1 is 1.34 bits per heavy atom. The Kier molecular flexibility index (Phi) is 6.60. The van der Waals surface area contributed by atoms with Gasteiger partial charge in [-0.15, -0.1) is 6.58 Å². The van der Waals surface area contributed by atoms with Gasteiger partial charge in [-0.2, -0.15) is 0 Å². The number of hydrogen-bond acceptors (Lipinski definition) is 6. The summed E-state index contributed by atoms with van der Waals surface area (Å²) in [5, 5.41) is 4.04. The third-order valence-electron chi connectivity index (χ3n) is 6.02. The molecule has 0 bridgehead atoms. The van der Waals surface area contributed by atoms with Gasteiger partial charge in [0.15, 0.2) is 5.17 Å². The van der Waals surface area contributed by atoms with Gasteiger partial charge in [0.2, 0.25) is 0 Å². The van der Waals surface area contributed by atoms with Gasteiger partial charge in [-0.05, 0) is 68.0 Å². The van der Waals surface area contributed by atoms with Gasteiger partial charge < -0.3 is 15.8 Å². The lowest BCUT2D eigenvalue weighted by atomic mass is 9.77. The SMILES string of the molecule is C=CCc1ccc(NC(=O)c2ccc(Cl)cn2)cc1[C@@]1(C)CC2(CCOCC2)SC(N)=N1. The van der Waals surface area contributed by atoms with E-state index in [-0.39, 0.29) is 10.7 Å². The fourth-order valence-corrected chi connectivity index (χ4v) is 6.09. The fraction of sp³-hybridized carbons (Fsp3) is 0.375. The summed E-state index contributed by atoms with van der Waals surface area (Å²) < 4.78 is 5.62. The topological polar surface area (TPSA) is 89.6 Å². The number of nitrogens with two attached hydrogens (primary N) is 1. The number of halogens is 1. The molecule has 0 radical (unpaired) electrons. The number of anilines is 1. The summed E-state index contributed by atoms with van der Waals surface area (Å²) in [5.41, 5.74) is 8.99. The zero-order chi connectivity index (χ0) is 22.8. The number of carbonyl (C=O) groups excluding carboxylic acids is 1. The highest BCUT2D eigenvalue weighted by molar-refractivity contribution is 8.15. The van der Waals surface area contributed by atoms with Crippen LogP contribution in [-0.4, -0.2) is 34.0 Å². The van der Waals surface area contributed by atoms with Crippen molar-refractivity contribution in [3.8, 4) is 0 Å². The van der Waals surface area contributed by atoms with E-state index in [0.29, 0.717) is 28.0 Å². The van der Waals surface area contributed by atoms with E-state index in [4.69, 9.17) is 27.1 Å². The van der Waals surface area contributed by atoms with Crippen LogP contribution in [0.4, 0.5) is 5.69 Å². The lowest BCUT2D eigenvalue weighted by molar-refractivity contribution is 0.0692. The number of ether oxygens (including phenoxy) is 1. The number of nitrogens with one attached hydrogen (secondary N) is 1. The molecule has 1 spiro atoms. The van der Waals surface area contributed by atoms with Crippen LogP contribution in [0.3, 0.4) is 0 Å². The lowest BCUT2D eigenvalue weighted by Crippen LogP contribution is -2.45. The maximum absolute atomic E-state index is 12.7. The highest BCUT2D eigenvalue weighted by atomic mass is 35.5. The second-order valence-electron chi connectivity index (χ2n) is 8.48. The highest BCUT2D eigenvalue weighted by Gasteiger charge is 2.46. The van der Waals surface area contributed by atoms with Crippen LogP contribution in [0.5, 0.6) is 0 Å². The van der Waals surface area contributed by atoms with Gasteiger partial charge >= 0.3 is 0 Å². The Hall–Kier alpha value is -2.35. The number of benzene rings is 1. The van der Waals surface area contributed by atoms with E-state index in [9.17, 15) is 4.79 Å². The molecule has 0 saturated carbocycles. The number of carbonyl (C=O) groups is 1. The summed E-state index contributed by atoms with van der Waals surface area (Å²) in [6.45, 7) is 7.51. The van der Waals surface area contributed by atoms with Crippen molar-refractivity contribution < 1.29 is 9.53 Å². The number of pyridine rings is 1. The molecule has 0 unspecified atom stereocenters. The van der Waals surface area contributed by atoms with Gasteiger partial charge in [-0.3, -0.25) is 9.79 Å². The minimum atomic E-state index is -0.510.